The Morgan fingerprint density at radius 2 is 0.723 bits per heavy atom. The Morgan fingerprint density at radius 3 is 1.15 bits per heavy atom. The maximum Gasteiger partial charge on any atom is 0.241 e. The molecule has 0 amide bonds. The fourth-order valence-electron chi connectivity index (χ4n) is 10.0. The molecule has 0 saturated carbocycles. The van der Waals surface area contributed by atoms with Crippen LogP contribution in [0.5, 0.6) is 0 Å². The van der Waals surface area contributed by atoms with E-state index < -0.39 is 0 Å². The van der Waals surface area contributed by atoms with Crippen LogP contribution in [0.4, 0.5) is 17.1 Å². The Hall–Kier alpha value is -6.05. The second-order valence-corrected chi connectivity index (χ2v) is 22.7. The van der Waals surface area contributed by atoms with Crippen LogP contribution in [0.25, 0.3) is 21.9 Å². The van der Waals surface area contributed by atoms with Crippen LogP contribution in [0.2, 0.25) is 0 Å². The predicted octanol–water partition coefficient (Wildman–Crippen LogP) is 12.5. The van der Waals surface area contributed by atoms with Crippen molar-refractivity contribution in [3.63, 3.8) is 0 Å². The number of hydrogen-bond acceptors (Lipinski definition) is 1. The zero-order valence-corrected chi connectivity index (χ0v) is 40.8. The minimum atomic E-state index is 0.0476. The van der Waals surface area contributed by atoms with E-state index >= 15 is 0 Å². The van der Waals surface area contributed by atoms with Crippen LogP contribution < -0.4 is 37.7 Å². The molecule has 0 fully saturated rings. The first kappa shape index (κ1) is 44.2. The molecule has 1 aliphatic rings. The smallest absolute Gasteiger partial charge is 0.241 e. The molecular formula is C62H65B2N. The van der Waals surface area contributed by atoms with Gasteiger partial charge in [-0.3, -0.25) is 0 Å². The molecule has 0 bridgehead atoms. The third-order valence-electron chi connectivity index (χ3n) is 13.9. The molecule has 0 aromatic heterocycles. The van der Waals surface area contributed by atoms with E-state index in [1.165, 1.54) is 88.3 Å². The third-order valence-corrected chi connectivity index (χ3v) is 13.9. The summed E-state index contributed by atoms with van der Waals surface area (Å²) < 4.78 is 0. The molecule has 0 spiro atoms. The van der Waals surface area contributed by atoms with Gasteiger partial charge >= 0.3 is 0 Å². The van der Waals surface area contributed by atoms with Crippen molar-refractivity contribution in [3.8, 4) is 11.1 Å². The molecule has 1 heterocycles. The summed E-state index contributed by atoms with van der Waals surface area (Å²) in [4.78, 5) is 2.52. The van der Waals surface area contributed by atoms with Crippen molar-refractivity contribution in [2.24, 2.45) is 0 Å². The van der Waals surface area contributed by atoms with Gasteiger partial charge in [-0.1, -0.05) is 268 Å². The molecule has 1 nitrogen and oxygen atoms in total. The van der Waals surface area contributed by atoms with Crippen LogP contribution in [0, 0.1) is 0 Å². The molecule has 0 aliphatic carbocycles. The summed E-state index contributed by atoms with van der Waals surface area (Å²) in [6.45, 7) is 27.6. The van der Waals surface area contributed by atoms with Gasteiger partial charge in [0, 0.05) is 16.6 Å². The SMILES string of the molecule is CC(C)(C)c1ccc(B(c2ccc(C(C)(C)C)cc2)c2ccc3c(c2)N(c2ccccc2)c2cccc4c(B(c5ccc(C(C)(C)C)cc5)c5ccc(C(C)(C)C)cc5)ccc-3c24)cc1. The number of para-hydroxylation sites is 1. The van der Waals surface area contributed by atoms with Crippen molar-refractivity contribution in [3.05, 3.63) is 198 Å². The quantitative estimate of drug-likeness (QED) is 0.144. The number of hydrogen-bond donors (Lipinski definition) is 0. The summed E-state index contributed by atoms with van der Waals surface area (Å²) in [6.07, 6.45) is 0. The van der Waals surface area contributed by atoms with Gasteiger partial charge in [0.15, 0.2) is 0 Å². The lowest BCUT2D eigenvalue weighted by atomic mass is 9.36. The Labute approximate surface area is 391 Å². The molecule has 0 N–H and O–H groups in total. The average molecular weight is 846 g/mol. The van der Waals surface area contributed by atoms with E-state index in [2.05, 4.69) is 264 Å². The molecule has 324 valence electrons. The summed E-state index contributed by atoms with van der Waals surface area (Å²) in [7, 11) is 0. The van der Waals surface area contributed by atoms with Gasteiger partial charge in [0.2, 0.25) is 13.4 Å². The van der Waals surface area contributed by atoms with Gasteiger partial charge in [-0.2, -0.15) is 0 Å². The van der Waals surface area contributed by atoms with Gasteiger partial charge in [0.1, 0.15) is 0 Å². The lowest BCUT2D eigenvalue weighted by molar-refractivity contribution is 0.590. The van der Waals surface area contributed by atoms with E-state index in [-0.39, 0.29) is 35.1 Å². The lowest BCUT2D eigenvalue weighted by Gasteiger charge is -2.35. The highest BCUT2D eigenvalue weighted by Gasteiger charge is 2.33. The first-order chi connectivity index (χ1) is 30.8. The first-order valence-corrected chi connectivity index (χ1v) is 23.7. The standard InChI is InChI=1S/C62H65B2N/c1-59(2,3)42-21-29-46(30-22-42)63(47-31-23-43(24-32-47)60(4,5)6)50-37-38-52-53-39-40-55(54-19-16-20-56(58(53)54)65(57(52)41-50)51-17-14-13-15-18-51)64(48-33-25-44(26-34-48)61(7,8)9)49-35-27-45(28-36-49)62(10,11)12/h13-41H,1-12H3. The monoisotopic (exact) mass is 846 g/mol. The zero-order valence-electron chi connectivity index (χ0n) is 40.8. The topological polar surface area (TPSA) is 3.24 Å². The summed E-state index contributed by atoms with van der Waals surface area (Å²) >= 11 is 0. The number of anilines is 3. The fraction of sp³-hybridized carbons (Fsp3) is 0.258. The van der Waals surface area contributed by atoms with Crippen LogP contribution in [-0.2, 0) is 21.7 Å². The largest absolute Gasteiger partial charge is 0.309 e. The lowest BCUT2D eigenvalue weighted by Crippen LogP contribution is -2.52. The van der Waals surface area contributed by atoms with E-state index in [4.69, 9.17) is 0 Å². The van der Waals surface area contributed by atoms with E-state index in [1.54, 1.807) is 0 Å². The molecule has 8 aromatic carbocycles. The Morgan fingerprint density at radius 1 is 0.323 bits per heavy atom. The van der Waals surface area contributed by atoms with E-state index in [1.807, 2.05) is 0 Å². The highest BCUT2D eigenvalue weighted by molar-refractivity contribution is 6.97. The molecule has 9 rings (SSSR count). The van der Waals surface area contributed by atoms with Gasteiger partial charge in [-0.05, 0) is 79.1 Å². The second kappa shape index (κ2) is 16.4. The number of benzene rings is 8. The van der Waals surface area contributed by atoms with Crippen molar-refractivity contribution in [2.45, 2.75) is 105 Å². The van der Waals surface area contributed by atoms with E-state index in [0.29, 0.717) is 0 Å². The van der Waals surface area contributed by atoms with Gasteiger partial charge in [0.25, 0.3) is 0 Å². The number of rotatable bonds is 7. The third kappa shape index (κ3) is 8.52. The Kier molecular flexibility index (Phi) is 11.2. The summed E-state index contributed by atoms with van der Waals surface area (Å²) in [5.74, 6) is 0. The Balaban J connectivity index is 1.25. The van der Waals surface area contributed by atoms with Crippen molar-refractivity contribution in [2.75, 3.05) is 4.90 Å². The molecule has 1 aliphatic heterocycles. The Bertz CT molecular complexity index is 2860. The molecule has 8 aromatic rings. The number of nitrogens with zero attached hydrogens (tertiary/aromatic N) is 1. The molecule has 0 unspecified atom stereocenters. The molecule has 0 atom stereocenters. The second-order valence-electron chi connectivity index (χ2n) is 22.7. The van der Waals surface area contributed by atoms with Crippen molar-refractivity contribution < 1.29 is 0 Å². The van der Waals surface area contributed by atoms with Crippen LogP contribution in [-0.4, -0.2) is 13.4 Å². The van der Waals surface area contributed by atoms with Crippen molar-refractivity contribution in [1.82, 2.24) is 0 Å². The molecule has 3 heteroatoms. The van der Waals surface area contributed by atoms with Crippen LogP contribution in [0.1, 0.15) is 105 Å². The highest BCUT2D eigenvalue weighted by Crippen LogP contribution is 2.50. The van der Waals surface area contributed by atoms with Crippen molar-refractivity contribution in [1.29, 1.82) is 0 Å². The van der Waals surface area contributed by atoms with Gasteiger partial charge in [-0.25, -0.2) is 0 Å². The molecular weight excluding hydrogens is 780 g/mol. The zero-order chi connectivity index (χ0) is 46.1. The van der Waals surface area contributed by atoms with Gasteiger partial charge in [-0.15, -0.1) is 0 Å². The van der Waals surface area contributed by atoms with Gasteiger partial charge in [0.05, 0.1) is 11.4 Å². The predicted molar refractivity (Wildman–Crippen MR) is 288 cm³/mol. The highest BCUT2D eigenvalue weighted by atomic mass is 15.2. The summed E-state index contributed by atoms with van der Waals surface area (Å²) in [5, 5.41) is 2.58. The average Bonchev–Trinajstić information content (AvgIpc) is 3.27. The van der Waals surface area contributed by atoms with Crippen LogP contribution in [0.3, 0.4) is 0 Å². The minimum Gasteiger partial charge on any atom is -0.309 e. The molecule has 0 saturated heterocycles. The van der Waals surface area contributed by atoms with E-state index in [0.717, 1.165) is 5.69 Å². The molecule has 0 radical (unpaired) electrons. The first-order valence-electron chi connectivity index (χ1n) is 23.7. The normalized spacial score (nSPS) is 12.9. The maximum atomic E-state index is 2.52. The minimum absolute atomic E-state index is 0.0476. The van der Waals surface area contributed by atoms with Gasteiger partial charge < -0.3 is 4.90 Å². The number of fused-ring (bicyclic) bond motifs is 2. The summed E-state index contributed by atoms with van der Waals surface area (Å²) in [6, 6.07) is 67.7. The van der Waals surface area contributed by atoms with Crippen molar-refractivity contribution >= 4 is 74.0 Å². The van der Waals surface area contributed by atoms with Crippen LogP contribution >= 0.6 is 0 Å². The molecule has 65 heavy (non-hydrogen) atoms. The van der Waals surface area contributed by atoms with Crippen LogP contribution in [0.15, 0.2) is 176 Å². The van der Waals surface area contributed by atoms with E-state index in [9.17, 15) is 0 Å². The maximum absolute atomic E-state index is 2.52. The summed E-state index contributed by atoms with van der Waals surface area (Å²) in [5.41, 5.74) is 19.6. The fourth-order valence-corrected chi connectivity index (χ4v) is 10.0.